The second-order valence-electron chi connectivity index (χ2n) is 4.24. The van der Waals surface area contributed by atoms with Gasteiger partial charge in [-0.3, -0.25) is 0 Å². The summed E-state index contributed by atoms with van der Waals surface area (Å²) in [6, 6.07) is 11.5. The Labute approximate surface area is 105 Å². The Hall–Kier alpha value is -2.20. The van der Waals surface area contributed by atoms with Crippen molar-refractivity contribution >= 4 is 5.65 Å². The van der Waals surface area contributed by atoms with Crippen LogP contribution in [0.15, 0.2) is 48.8 Å². The normalized spacial score (nSPS) is 12.8. The van der Waals surface area contributed by atoms with E-state index < -0.39 is 6.10 Å². The van der Waals surface area contributed by atoms with Crippen LogP contribution in [0.1, 0.15) is 22.9 Å². The van der Waals surface area contributed by atoms with Gasteiger partial charge >= 0.3 is 0 Å². The molecule has 1 aromatic carbocycles. The molecule has 0 aliphatic carbocycles. The number of benzene rings is 1. The standard InChI is InChI=1S/C14H13N3O/c1-10-5-2-3-6-11(10)14(18)12-9-15-13-7-4-8-16-17(12)13/h2-9,14,18H,1H3. The summed E-state index contributed by atoms with van der Waals surface area (Å²) in [6.07, 6.45) is 2.64. The number of aliphatic hydroxyl groups is 1. The Bertz CT molecular complexity index is 690. The Morgan fingerprint density at radius 1 is 1.17 bits per heavy atom. The topological polar surface area (TPSA) is 50.4 Å². The summed E-state index contributed by atoms with van der Waals surface area (Å²) >= 11 is 0. The zero-order valence-corrected chi connectivity index (χ0v) is 9.99. The molecule has 3 aromatic rings. The van der Waals surface area contributed by atoms with Crippen molar-refractivity contribution in [3.8, 4) is 0 Å². The van der Waals surface area contributed by atoms with Crippen molar-refractivity contribution in [2.75, 3.05) is 0 Å². The summed E-state index contributed by atoms with van der Waals surface area (Å²) in [5.74, 6) is 0. The first-order valence-electron chi connectivity index (χ1n) is 5.79. The predicted octanol–water partition coefficient (Wildman–Crippen LogP) is 2.12. The summed E-state index contributed by atoms with van der Waals surface area (Å²) in [7, 11) is 0. The third-order valence-electron chi connectivity index (χ3n) is 3.07. The lowest BCUT2D eigenvalue weighted by Crippen LogP contribution is -2.06. The van der Waals surface area contributed by atoms with E-state index in [1.54, 1.807) is 16.9 Å². The number of hydrogen-bond acceptors (Lipinski definition) is 3. The van der Waals surface area contributed by atoms with Crippen molar-refractivity contribution in [1.82, 2.24) is 14.6 Å². The zero-order chi connectivity index (χ0) is 12.5. The van der Waals surface area contributed by atoms with Crippen LogP contribution in [-0.4, -0.2) is 19.7 Å². The molecule has 0 fully saturated rings. The van der Waals surface area contributed by atoms with Crippen molar-refractivity contribution < 1.29 is 5.11 Å². The van der Waals surface area contributed by atoms with Crippen LogP contribution in [0, 0.1) is 6.92 Å². The SMILES string of the molecule is Cc1ccccc1C(O)c1cnc2cccnn12. The Morgan fingerprint density at radius 2 is 2.00 bits per heavy atom. The first kappa shape index (κ1) is 10.9. The third-order valence-corrected chi connectivity index (χ3v) is 3.07. The van der Waals surface area contributed by atoms with Gasteiger partial charge in [-0.2, -0.15) is 5.10 Å². The average Bonchev–Trinajstić information content (AvgIpc) is 2.82. The number of rotatable bonds is 2. The van der Waals surface area contributed by atoms with E-state index in [0.29, 0.717) is 5.69 Å². The monoisotopic (exact) mass is 239 g/mol. The quantitative estimate of drug-likeness (QED) is 0.745. The lowest BCUT2D eigenvalue weighted by Gasteiger charge is -2.12. The van der Waals surface area contributed by atoms with Gasteiger partial charge in [0.2, 0.25) is 0 Å². The molecule has 4 nitrogen and oxygen atoms in total. The van der Waals surface area contributed by atoms with Gasteiger partial charge in [-0.1, -0.05) is 24.3 Å². The third kappa shape index (κ3) is 1.67. The average molecular weight is 239 g/mol. The minimum absolute atomic E-state index is 0.680. The molecular formula is C14H13N3O. The van der Waals surface area contributed by atoms with Crippen LogP contribution in [0.25, 0.3) is 5.65 Å². The van der Waals surface area contributed by atoms with Gasteiger partial charge in [0.05, 0.1) is 11.9 Å². The highest BCUT2D eigenvalue weighted by Gasteiger charge is 2.17. The molecule has 0 saturated heterocycles. The van der Waals surface area contributed by atoms with Crippen LogP contribution in [0.4, 0.5) is 0 Å². The number of aliphatic hydroxyl groups excluding tert-OH is 1. The molecule has 1 unspecified atom stereocenters. The van der Waals surface area contributed by atoms with Gasteiger partial charge in [0.15, 0.2) is 5.65 Å². The number of nitrogens with zero attached hydrogens (tertiary/aromatic N) is 3. The maximum Gasteiger partial charge on any atom is 0.153 e. The molecule has 2 heterocycles. The summed E-state index contributed by atoms with van der Waals surface area (Å²) in [4.78, 5) is 4.24. The molecule has 0 radical (unpaired) electrons. The molecule has 0 bridgehead atoms. The van der Waals surface area contributed by atoms with E-state index in [-0.39, 0.29) is 0 Å². The highest BCUT2D eigenvalue weighted by molar-refractivity contribution is 5.41. The zero-order valence-electron chi connectivity index (χ0n) is 9.99. The van der Waals surface area contributed by atoms with Gasteiger partial charge in [0, 0.05) is 6.20 Å². The van der Waals surface area contributed by atoms with Gasteiger partial charge < -0.3 is 5.11 Å². The first-order valence-corrected chi connectivity index (χ1v) is 5.79. The summed E-state index contributed by atoms with van der Waals surface area (Å²) in [5.41, 5.74) is 3.35. The number of fused-ring (bicyclic) bond motifs is 1. The van der Waals surface area contributed by atoms with Gasteiger partial charge in [0.1, 0.15) is 6.10 Å². The van der Waals surface area contributed by atoms with E-state index >= 15 is 0 Å². The second-order valence-corrected chi connectivity index (χ2v) is 4.24. The summed E-state index contributed by atoms with van der Waals surface area (Å²) < 4.78 is 1.66. The molecule has 0 spiro atoms. The van der Waals surface area contributed by atoms with E-state index in [4.69, 9.17) is 0 Å². The maximum atomic E-state index is 10.5. The van der Waals surface area contributed by atoms with Crippen LogP contribution in [0.5, 0.6) is 0 Å². The fourth-order valence-electron chi connectivity index (χ4n) is 2.09. The molecule has 90 valence electrons. The number of hydrogen-bond donors (Lipinski definition) is 1. The molecular weight excluding hydrogens is 226 g/mol. The Morgan fingerprint density at radius 3 is 2.83 bits per heavy atom. The predicted molar refractivity (Wildman–Crippen MR) is 68.2 cm³/mol. The van der Waals surface area contributed by atoms with Gasteiger partial charge in [-0.15, -0.1) is 0 Å². The van der Waals surface area contributed by atoms with Crippen molar-refractivity contribution in [3.63, 3.8) is 0 Å². The van der Waals surface area contributed by atoms with E-state index in [1.165, 1.54) is 0 Å². The number of imidazole rings is 1. The van der Waals surface area contributed by atoms with Crippen LogP contribution >= 0.6 is 0 Å². The molecule has 1 N–H and O–H groups in total. The number of aromatic nitrogens is 3. The first-order chi connectivity index (χ1) is 8.77. The molecule has 0 amide bonds. The van der Waals surface area contributed by atoms with E-state index in [0.717, 1.165) is 16.8 Å². The smallest absolute Gasteiger partial charge is 0.153 e. The highest BCUT2D eigenvalue weighted by Crippen LogP contribution is 2.24. The molecule has 18 heavy (non-hydrogen) atoms. The fraction of sp³-hybridized carbons (Fsp3) is 0.143. The molecule has 0 aliphatic rings. The Kier molecular flexibility index (Phi) is 2.57. The summed E-state index contributed by atoms with van der Waals surface area (Å²) in [5, 5.41) is 14.7. The highest BCUT2D eigenvalue weighted by atomic mass is 16.3. The number of aryl methyl sites for hydroxylation is 1. The fourth-order valence-corrected chi connectivity index (χ4v) is 2.09. The lowest BCUT2D eigenvalue weighted by molar-refractivity contribution is 0.212. The molecule has 3 rings (SSSR count). The van der Waals surface area contributed by atoms with Crippen LogP contribution < -0.4 is 0 Å². The summed E-state index contributed by atoms with van der Waals surface area (Å²) in [6.45, 7) is 1.98. The molecule has 2 aromatic heterocycles. The van der Waals surface area contributed by atoms with Gasteiger partial charge in [-0.25, -0.2) is 9.50 Å². The van der Waals surface area contributed by atoms with Gasteiger partial charge in [-0.05, 0) is 30.2 Å². The lowest BCUT2D eigenvalue weighted by atomic mass is 10.0. The van der Waals surface area contributed by atoms with Crippen molar-refractivity contribution in [1.29, 1.82) is 0 Å². The maximum absolute atomic E-state index is 10.5. The Balaban J connectivity index is 2.13. The van der Waals surface area contributed by atoms with E-state index in [9.17, 15) is 5.11 Å². The molecule has 4 heteroatoms. The van der Waals surface area contributed by atoms with E-state index in [1.807, 2.05) is 43.3 Å². The van der Waals surface area contributed by atoms with Crippen LogP contribution in [-0.2, 0) is 0 Å². The second kappa shape index (κ2) is 4.23. The minimum Gasteiger partial charge on any atom is -0.382 e. The molecule has 0 aliphatic heterocycles. The van der Waals surface area contributed by atoms with Crippen molar-refractivity contribution in [2.24, 2.45) is 0 Å². The molecule has 1 atom stereocenters. The van der Waals surface area contributed by atoms with Crippen molar-refractivity contribution in [2.45, 2.75) is 13.0 Å². The molecule has 0 saturated carbocycles. The van der Waals surface area contributed by atoms with Crippen molar-refractivity contribution in [3.05, 3.63) is 65.6 Å². The van der Waals surface area contributed by atoms with E-state index in [2.05, 4.69) is 10.1 Å². The van der Waals surface area contributed by atoms with Crippen LogP contribution in [0.3, 0.4) is 0 Å². The van der Waals surface area contributed by atoms with Crippen LogP contribution in [0.2, 0.25) is 0 Å². The largest absolute Gasteiger partial charge is 0.382 e. The minimum atomic E-state index is -0.712. The van der Waals surface area contributed by atoms with Gasteiger partial charge in [0.25, 0.3) is 0 Å².